The number of hydrogen-bond acceptors (Lipinski definition) is 6. The van der Waals surface area contributed by atoms with Crippen LogP contribution in [0.1, 0.15) is 61.4 Å². The zero-order chi connectivity index (χ0) is 26.9. The van der Waals surface area contributed by atoms with Gasteiger partial charge in [-0.2, -0.15) is 0 Å². The molecular formula is C29H34BrNO5S. The lowest BCUT2D eigenvalue weighted by Gasteiger charge is -2.38. The maximum absolute atomic E-state index is 11.8. The number of hydrogen-bond donors (Lipinski definition) is 1. The lowest BCUT2D eigenvalue weighted by Crippen LogP contribution is -2.42. The number of fused-ring (bicyclic) bond motifs is 1. The summed E-state index contributed by atoms with van der Waals surface area (Å²) >= 11 is 4.48. The van der Waals surface area contributed by atoms with Crippen LogP contribution in [0.4, 0.5) is 4.79 Å². The predicted octanol–water partition coefficient (Wildman–Crippen LogP) is 7.29. The van der Waals surface area contributed by atoms with E-state index in [-0.39, 0.29) is 11.1 Å². The second-order valence-corrected chi connectivity index (χ2v) is 12.3. The Morgan fingerprint density at radius 2 is 1.92 bits per heavy atom. The molecule has 4 rings (SSSR count). The normalized spacial score (nSPS) is 20.2. The van der Waals surface area contributed by atoms with Crippen LogP contribution in [-0.4, -0.2) is 30.0 Å². The van der Waals surface area contributed by atoms with Crippen LogP contribution in [0, 0.1) is 26.7 Å². The Kier molecular flexibility index (Phi) is 8.29. The van der Waals surface area contributed by atoms with Crippen molar-refractivity contribution in [2.75, 3.05) is 13.2 Å². The summed E-state index contributed by atoms with van der Waals surface area (Å²) in [5.74, 6) is 2.87. The van der Waals surface area contributed by atoms with Crippen LogP contribution in [-0.2, 0) is 11.2 Å². The summed E-state index contributed by atoms with van der Waals surface area (Å²) in [6.07, 6.45) is 4.45. The van der Waals surface area contributed by atoms with Crippen LogP contribution < -0.4 is 19.5 Å². The summed E-state index contributed by atoms with van der Waals surface area (Å²) in [5.41, 5.74) is 4.98. The zero-order valence-electron chi connectivity index (χ0n) is 22.2. The molecule has 2 amide bonds. The number of benzene rings is 2. The molecule has 1 N–H and O–H groups in total. The number of thioether (sulfide) groups is 1. The molecule has 0 aliphatic carbocycles. The summed E-state index contributed by atoms with van der Waals surface area (Å²) in [6.45, 7) is 14.0. The van der Waals surface area contributed by atoms with Crippen LogP contribution in [0.15, 0.2) is 27.6 Å². The molecule has 2 aromatic rings. The highest BCUT2D eigenvalue weighted by Crippen LogP contribution is 2.44. The average molecular weight is 589 g/mol. The fourth-order valence-corrected chi connectivity index (χ4v) is 5.72. The molecule has 1 atom stereocenters. The number of nitrogens with one attached hydrogen (secondary N) is 1. The van der Waals surface area contributed by atoms with E-state index in [1.807, 2.05) is 18.2 Å². The third-order valence-corrected chi connectivity index (χ3v) is 8.36. The average Bonchev–Trinajstić information content (AvgIpc) is 3.15. The summed E-state index contributed by atoms with van der Waals surface area (Å²) in [6, 6.07) is 5.59. The van der Waals surface area contributed by atoms with Gasteiger partial charge in [0.25, 0.3) is 11.1 Å². The summed E-state index contributed by atoms with van der Waals surface area (Å²) in [4.78, 5) is 23.6. The first kappa shape index (κ1) is 27.6. The van der Waals surface area contributed by atoms with Gasteiger partial charge in [-0.25, -0.2) is 0 Å². The molecule has 2 heterocycles. The zero-order valence-corrected chi connectivity index (χ0v) is 24.7. The highest BCUT2D eigenvalue weighted by Gasteiger charge is 2.36. The molecule has 0 spiro atoms. The van der Waals surface area contributed by atoms with E-state index < -0.39 is 5.60 Å². The Balaban J connectivity index is 1.46. The SMILES string of the molecule is Cc1c(C)c2c(c(C)c1OCCC(C)C)CCC(C)(COc1ccc(C=C3SC(=O)NC3=O)cc1Br)O2. The highest BCUT2D eigenvalue weighted by molar-refractivity contribution is 9.10. The first-order valence-corrected chi connectivity index (χ1v) is 14.2. The van der Waals surface area contributed by atoms with Crippen LogP contribution >= 0.6 is 27.7 Å². The molecule has 1 saturated heterocycles. The van der Waals surface area contributed by atoms with E-state index in [4.69, 9.17) is 14.2 Å². The standard InChI is InChI=1S/C29H34BrNO5S/c1-16(2)10-12-34-25-17(3)18(4)26-21(19(25)5)9-11-29(6,36-26)15-35-23-8-7-20(13-22(23)30)14-24-27(32)31-28(33)37-24/h7-8,13-14,16H,9-12,15H2,1-6H3,(H,31,32,33). The third kappa shape index (κ3) is 6.17. The number of carbonyl (C=O) groups is 2. The van der Waals surface area contributed by atoms with Gasteiger partial charge in [0, 0.05) is 5.56 Å². The topological polar surface area (TPSA) is 73.9 Å². The van der Waals surface area contributed by atoms with Gasteiger partial charge in [0.1, 0.15) is 29.5 Å². The molecule has 0 radical (unpaired) electrons. The Morgan fingerprint density at radius 1 is 1.16 bits per heavy atom. The summed E-state index contributed by atoms with van der Waals surface area (Å²) < 4.78 is 19.8. The largest absolute Gasteiger partial charge is 0.493 e. The van der Waals surface area contributed by atoms with Crippen molar-refractivity contribution in [3.63, 3.8) is 0 Å². The molecule has 1 fully saturated rings. The minimum absolute atomic E-state index is 0.354. The Labute approximate surface area is 231 Å². The van der Waals surface area contributed by atoms with Gasteiger partial charge in [0.15, 0.2) is 0 Å². The summed E-state index contributed by atoms with van der Waals surface area (Å²) in [7, 11) is 0. The van der Waals surface area contributed by atoms with Crippen molar-refractivity contribution in [3.05, 3.63) is 55.4 Å². The molecule has 1 unspecified atom stereocenters. The molecular weight excluding hydrogens is 554 g/mol. The number of imide groups is 1. The second-order valence-electron chi connectivity index (χ2n) is 10.4. The van der Waals surface area contributed by atoms with E-state index in [2.05, 4.69) is 62.8 Å². The molecule has 37 heavy (non-hydrogen) atoms. The van der Waals surface area contributed by atoms with E-state index in [9.17, 15) is 9.59 Å². The fraction of sp³-hybridized carbons (Fsp3) is 0.448. The molecule has 6 nitrogen and oxygen atoms in total. The van der Waals surface area contributed by atoms with Gasteiger partial charge in [-0.15, -0.1) is 0 Å². The minimum Gasteiger partial charge on any atom is -0.493 e. The minimum atomic E-state index is -0.477. The van der Waals surface area contributed by atoms with E-state index in [1.165, 1.54) is 11.1 Å². The smallest absolute Gasteiger partial charge is 0.290 e. The van der Waals surface area contributed by atoms with Crippen LogP contribution in [0.2, 0.25) is 0 Å². The van der Waals surface area contributed by atoms with E-state index in [0.717, 1.165) is 70.3 Å². The molecule has 0 saturated carbocycles. The van der Waals surface area contributed by atoms with Crippen molar-refractivity contribution >= 4 is 44.9 Å². The van der Waals surface area contributed by atoms with Gasteiger partial charge in [-0.05, 0) is 121 Å². The monoisotopic (exact) mass is 587 g/mol. The van der Waals surface area contributed by atoms with Crippen LogP contribution in [0.5, 0.6) is 17.2 Å². The number of ether oxygens (including phenoxy) is 3. The molecule has 2 aliphatic rings. The van der Waals surface area contributed by atoms with E-state index in [0.29, 0.717) is 23.2 Å². The van der Waals surface area contributed by atoms with Crippen LogP contribution in [0.25, 0.3) is 6.08 Å². The number of halogens is 1. The van der Waals surface area contributed by atoms with Crippen molar-refractivity contribution in [1.29, 1.82) is 0 Å². The quantitative estimate of drug-likeness (QED) is 0.327. The van der Waals surface area contributed by atoms with Crippen molar-refractivity contribution < 1.29 is 23.8 Å². The Hall–Kier alpha value is -2.45. The Morgan fingerprint density at radius 3 is 2.57 bits per heavy atom. The molecule has 198 valence electrons. The van der Waals surface area contributed by atoms with Crippen molar-refractivity contribution in [3.8, 4) is 17.2 Å². The van der Waals surface area contributed by atoms with Gasteiger partial charge in [-0.3, -0.25) is 14.9 Å². The molecule has 2 aliphatic heterocycles. The van der Waals surface area contributed by atoms with E-state index in [1.54, 1.807) is 6.08 Å². The molecule has 2 aromatic carbocycles. The third-order valence-electron chi connectivity index (χ3n) is 6.93. The first-order valence-electron chi connectivity index (χ1n) is 12.6. The number of rotatable bonds is 8. The van der Waals surface area contributed by atoms with Gasteiger partial charge < -0.3 is 14.2 Å². The van der Waals surface area contributed by atoms with Crippen LogP contribution in [0.3, 0.4) is 0 Å². The van der Waals surface area contributed by atoms with Crippen molar-refractivity contribution in [2.45, 2.75) is 66.4 Å². The molecule has 0 aromatic heterocycles. The molecule has 8 heteroatoms. The van der Waals surface area contributed by atoms with Crippen molar-refractivity contribution in [2.24, 2.45) is 5.92 Å². The first-order chi connectivity index (χ1) is 17.5. The fourth-order valence-electron chi connectivity index (χ4n) is 4.52. The number of amides is 2. The van der Waals surface area contributed by atoms with Gasteiger partial charge in [0.2, 0.25) is 0 Å². The molecule has 0 bridgehead atoms. The summed E-state index contributed by atoms with van der Waals surface area (Å²) in [5, 5.41) is 1.91. The maximum atomic E-state index is 11.8. The lowest BCUT2D eigenvalue weighted by atomic mass is 9.87. The Bertz CT molecular complexity index is 1270. The number of carbonyl (C=O) groups excluding carboxylic acids is 2. The second kappa shape index (κ2) is 11.1. The maximum Gasteiger partial charge on any atom is 0.290 e. The van der Waals surface area contributed by atoms with Gasteiger partial charge >= 0.3 is 0 Å². The predicted molar refractivity (Wildman–Crippen MR) is 152 cm³/mol. The van der Waals surface area contributed by atoms with Gasteiger partial charge in [0.05, 0.1) is 16.0 Å². The lowest BCUT2D eigenvalue weighted by molar-refractivity contribution is -0.115. The highest BCUT2D eigenvalue weighted by atomic mass is 79.9. The van der Waals surface area contributed by atoms with Gasteiger partial charge in [-0.1, -0.05) is 19.9 Å². The van der Waals surface area contributed by atoms with E-state index >= 15 is 0 Å². The van der Waals surface area contributed by atoms with Crippen molar-refractivity contribution in [1.82, 2.24) is 5.32 Å².